The minimum absolute atomic E-state index is 0.0694. The standard InChI is InChI=1S/C24H28FN5/c25-20-10-8-19(9-11-20)23(22-7-4-14-30(22)21-12-13-26-15-21)24-28-27-17-29(24)16-18-5-2-1-3-6-18/h1-3,5-6,8-11,17,21-23,26H,4,7,12-16H2. The molecule has 2 aromatic carbocycles. The number of rotatable bonds is 6. The first kappa shape index (κ1) is 19.4. The van der Waals surface area contributed by atoms with Crippen LogP contribution in [0.5, 0.6) is 0 Å². The summed E-state index contributed by atoms with van der Waals surface area (Å²) in [6, 6.07) is 18.3. The first-order valence-corrected chi connectivity index (χ1v) is 10.9. The fourth-order valence-electron chi connectivity index (χ4n) is 5.17. The SMILES string of the molecule is Fc1ccc(C(c2nncn2Cc2ccccc2)C2CCCN2C2CCNC2)cc1. The van der Waals surface area contributed by atoms with Gasteiger partial charge in [0, 0.05) is 18.6 Å². The Hall–Kier alpha value is -2.57. The molecule has 3 heterocycles. The number of hydrogen-bond acceptors (Lipinski definition) is 4. The van der Waals surface area contributed by atoms with Gasteiger partial charge in [-0.15, -0.1) is 10.2 Å². The van der Waals surface area contributed by atoms with E-state index in [9.17, 15) is 4.39 Å². The average Bonchev–Trinajstić information content (AvgIpc) is 3.53. The van der Waals surface area contributed by atoms with E-state index in [1.54, 1.807) is 12.1 Å². The van der Waals surface area contributed by atoms with Crippen LogP contribution < -0.4 is 5.32 Å². The predicted molar refractivity (Wildman–Crippen MR) is 115 cm³/mol. The van der Waals surface area contributed by atoms with Gasteiger partial charge in [0.05, 0.1) is 12.5 Å². The van der Waals surface area contributed by atoms with Gasteiger partial charge in [-0.2, -0.15) is 0 Å². The lowest BCUT2D eigenvalue weighted by atomic mass is 9.88. The molecule has 5 nitrogen and oxygen atoms in total. The Morgan fingerprint density at radius 1 is 1.07 bits per heavy atom. The Morgan fingerprint density at radius 2 is 1.90 bits per heavy atom. The highest BCUT2D eigenvalue weighted by atomic mass is 19.1. The molecule has 3 aromatic rings. The first-order valence-electron chi connectivity index (χ1n) is 10.9. The highest BCUT2D eigenvalue weighted by Gasteiger charge is 2.40. The van der Waals surface area contributed by atoms with Gasteiger partial charge in [-0.3, -0.25) is 4.90 Å². The molecule has 156 valence electrons. The molecule has 2 saturated heterocycles. The molecular formula is C24H28FN5. The summed E-state index contributed by atoms with van der Waals surface area (Å²) in [4.78, 5) is 2.66. The van der Waals surface area contributed by atoms with E-state index in [0.29, 0.717) is 12.1 Å². The quantitative estimate of drug-likeness (QED) is 0.683. The van der Waals surface area contributed by atoms with Crippen molar-refractivity contribution in [3.8, 4) is 0 Å². The average molecular weight is 406 g/mol. The van der Waals surface area contributed by atoms with E-state index in [-0.39, 0.29) is 11.7 Å². The molecule has 2 aliphatic rings. The van der Waals surface area contributed by atoms with Crippen LogP contribution in [-0.4, -0.2) is 51.4 Å². The third-order valence-corrected chi connectivity index (χ3v) is 6.58. The lowest BCUT2D eigenvalue weighted by Gasteiger charge is -2.35. The summed E-state index contributed by atoms with van der Waals surface area (Å²) in [6.07, 6.45) is 5.32. The maximum absolute atomic E-state index is 13.7. The van der Waals surface area contributed by atoms with E-state index in [1.807, 2.05) is 24.5 Å². The van der Waals surface area contributed by atoms with Gasteiger partial charge in [0.25, 0.3) is 0 Å². The van der Waals surface area contributed by atoms with Gasteiger partial charge >= 0.3 is 0 Å². The van der Waals surface area contributed by atoms with E-state index < -0.39 is 0 Å². The number of aromatic nitrogens is 3. The minimum Gasteiger partial charge on any atom is -0.315 e. The number of hydrogen-bond donors (Lipinski definition) is 1. The zero-order chi connectivity index (χ0) is 20.3. The molecule has 0 saturated carbocycles. The molecule has 3 atom stereocenters. The second-order valence-electron chi connectivity index (χ2n) is 8.43. The number of benzene rings is 2. The summed E-state index contributed by atoms with van der Waals surface area (Å²) < 4.78 is 15.9. The van der Waals surface area contributed by atoms with Gasteiger partial charge in [0.1, 0.15) is 18.0 Å². The van der Waals surface area contributed by atoms with Gasteiger partial charge < -0.3 is 9.88 Å². The molecular weight excluding hydrogens is 377 g/mol. The molecule has 5 rings (SSSR count). The zero-order valence-electron chi connectivity index (χ0n) is 17.1. The van der Waals surface area contributed by atoms with Gasteiger partial charge in [-0.1, -0.05) is 42.5 Å². The lowest BCUT2D eigenvalue weighted by Crippen LogP contribution is -2.44. The van der Waals surface area contributed by atoms with Crippen LogP contribution in [0.3, 0.4) is 0 Å². The molecule has 0 aliphatic carbocycles. The molecule has 0 amide bonds. The Balaban J connectivity index is 1.52. The van der Waals surface area contributed by atoms with Crippen LogP contribution in [0.2, 0.25) is 0 Å². The number of halogens is 1. The third-order valence-electron chi connectivity index (χ3n) is 6.58. The Bertz CT molecular complexity index is 949. The summed E-state index contributed by atoms with van der Waals surface area (Å²) in [5, 5.41) is 12.4. The summed E-state index contributed by atoms with van der Waals surface area (Å²) in [7, 11) is 0. The molecule has 30 heavy (non-hydrogen) atoms. The molecule has 0 spiro atoms. The van der Waals surface area contributed by atoms with Gasteiger partial charge in [-0.05, 0) is 55.6 Å². The highest BCUT2D eigenvalue weighted by Crippen LogP contribution is 2.37. The number of nitrogens with one attached hydrogen (secondary N) is 1. The minimum atomic E-state index is -0.202. The van der Waals surface area contributed by atoms with Crippen molar-refractivity contribution in [3.63, 3.8) is 0 Å². The number of nitrogens with zero attached hydrogens (tertiary/aromatic N) is 4. The molecule has 0 radical (unpaired) electrons. The van der Waals surface area contributed by atoms with Gasteiger partial charge in [0.15, 0.2) is 0 Å². The molecule has 0 bridgehead atoms. The zero-order valence-corrected chi connectivity index (χ0v) is 17.1. The van der Waals surface area contributed by atoms with Crippen LogP contribution in [-0.2, 0) is 6.54 Å². The van der Waals surface area contributed by atoms with Crippen molar-refractivity contribution in [2.45, 2.75) is 43.8 Å². The van der Waals surface area contributed by atoms with Crippen molar-refractivity contribution >= 4 is 0 Å². The van der Waals surface area contributed by atoms with Crippen molar-refractivity contribution in [3.05, 3.63) is 83.7 Å². The van der Waals surface area contributed by atoms with Crippen LogP contribution in [0, 0.1) is 5.82 Å². The Labute approximate surface area is 176 Å². The maximum Gasteiger partial charge on any atom is 0.142 e. The molecule has 1 aromatic heterocycles. The van der Waals surface area contributed by atoms with Crippen LogP contribution >= 0.6 is 0 Å². The Kier molecular flexibility index (Phi) is 5.60. The van der Waals surface area contributed by atoms with Crippen molar-refractivity contribution in [2.24, 2.45) is 0 Å². The van der Waals surface area contributed by atoms with Crippen LogP contribution in [0.25, 0.3) is 0 Å². The third kappa shape index (κ3) is 3.89. The largest absolute Gasteiger partial charge is 0.315 e. The van der Waals surface area contributed by atoms with Gasteiger partial charge in [0.2, 0.25) is 0 Å². The lowest BCUT2D eigenvalue weighted by molar-refractivity contribution is 0.174. The summed E-state index contributed by atoms with van der Waals surface area (Å²) >= 11 is 0. The molecule has 6 heteroatoms. The molecule has 3 unspecified atom stereocenters. The summed E-state index contributed by atoms with van der Waals surface area (Å²) in [6.45, 7) is 3.97. The van der Waals surface area contributed by atoms with Crippen molar-refractivity contribution in [2.75, 3.05) is 19.6 Å². The van der Waals surface area contributed by atoms with Crippen LogP contribution in [0.4, 0.5) is 4.39 Å². The fourth-order valence-corrected chi connectivity index (χ4v) is 5.17. The van der Waals surface area contributed by atoms with Crippen molar-refractivity contribution in [1.82, 2.24) is 25.0 Å². The van der Waals surface area contributed by atoms with Gasteiger partial charge in [-0.25, -0.2) is 4.39 Å². The maximum atomic E-state index is 13.7. The highest BCUT2D eigenvalue weighted by molar-refractivity contribution is 5.30. The van der Waals surface area contributed by atoms with E-state index in [0.717, 1.165) is 44.0 Å². The van der Waals surface area contributed by atoms with Crippen molar-refractivity contribution < 1.29 is 4.39 Å². The fraction of sp³-hybridized carbons (Fsp3) is 0.417. The monoisotopic (exact) mass is 405 g/mol. The number of likely N-dealkylation sites (tertiary alicyclic amines) is 1. The smallest absolute Gasteiger partial charge is 0.142 e. The van der Waals surface area contributed by atoms with E-state index in [1.165, 1.54) is 18.4 Å². The van der Waals surface area contributed by atoms with Crippen LogP contribution in [0.1, 0.15) is 42.1 Å². The molecule has 2 fully saturated rings. The second-order valence-corrected chi connectivity index (χ2v) is 8.43. The Morgan fingerprint density at radius 3 is 2.67 bits per heavy atom. The second kappa shape index (κ2) is 8.66. The molecule has 1 N–H and O–H groups in total. The van der Waals surface area contributed by atoms with Crippen molar-refractivity contribution in [1.29, 1.82) is 0 Å². The van der Waals surface area contributed by atoms with E-state index in [4.69, 9.17) is 0 Å². The topological polar surface area (TPSA) is 46.0 Å². The normalized spacial score (nSPS) is 23.1. The van der Waals surface area contributed by atoms with Crippen LogP contribution in [0.15, 0.2) is 60.9 Å². The van der Waals surface area contributed by atoms with E-state index >= 15 is 0 Å². The predicted octanol–water partition coefficient (Wildman–Crippen LogP) is 3.42. The van der Waals surface area contributed by atoms with E-state index in [2.05, 4.69) is 49.2 Å². The summed E-state index contributed by atoms with van der Waals surface area (Å²) in [5.41, 5.74) is 2.33. The molecule has 2 aliphatic heterocycles. The summed E-state index contributed by atoms with van der Waals surface area (Å²) in [5.74, 6) is 0.833. The first-order chi connectivity index (χ1) is 14.8.